The summed E-state index contributed by atoms with van der Waals surface area (Å²) in [6, 6.07) is 21.9. The third kappa shape index (κ3) is 5.23. The first-order valence-corrected chi connectivity index (χ1v) is 11.6. The summed E-state index contributed by atoms with van der Waals surface area (Å²) in [4.78, 5) is 12.3. The summed E-state index contributed by atoms with van der Waals surface area (Å²) >= 11 is 1.58. The van der Waals surface area contributed by atoms with Gasteiger partial charge in [0, 0.05) is 30.3 Å². The molecule has 2 aromatic carbocycles. The molecule has 0 saturated carbocycles. The van der Waals surface area contributed by atoms with Crippen LogP contribution in [0.5, 0.6) is 5.75 Å². The minimum Gasteiger partial charge on any atom is -0.496 e. The smallest absolute Gasteiger partial charge is 0.230 e. The lowest BCUT2D eigenvalue weighted by molar-refractivity contribution is -0.118. The van der Waals surface area contributed by atoms with Crippen molar-refractivity contribution in [1.29, 1.82) is 0 Å². The van der Waals surface area contributed by atoms with E-state index in [0.29, 0.717) is 18.1 Å². The number of hydrogen-bond acceptors (Lipinski definition) is 4. The van der Waals surface area contributed by atoms with Gasteiger partial charge in [-0.25, -0.2) is 4.68 Å². The van der Waals surface area contributed by atoms with Gasteiger partial charge in [-0.2, -0.15) is 5.10 Å². The Hall–Kier alpha value is -3.45. The number of carbonyl (C=O) groups is 1. The Labute approximate surface area is 192 Å². The first-order chi connectivity index (χ1) is 15.8. The average Bonchev–Trinajstić information content (AvgIpc) is 3.50. The largest absolute Gasteiger partial charge is 0.496 e. The van der Waals surface area contributed by atoms with Crippen LogP contribution in [0.1, 0.15) is 11.1 Å². The highest BCUT2D eigenvalue weighted by Gasteiger charge is 2.14. The second kappa shape index (κ2) is 10.7. The lowest BCUT2D eigenvalue weighted by atomic mass is 10.1. The number of benzene rings is 2. The monoisotopic (exact) mass is 446 g/mol. The molecule has 0 fully saturated rings. The molecule has 2 aromatic heterocycles. The van der Waals surface area contributed by atoms with E-state index >= 15 is 0 Å². The van der Waals surface area contributed by atoms with E-state index in [2.05, 4.69) is 15.0 Å². The van der Waals surface area contributed by atoms with E-state index < -0.39 is 0 Å². The quantitative estimate of drug-likeness (QED) is 0.395. The molecule has 0 aliphatic carbocycles. The minimum absolute atomic E-state index is 0.0304. The number of thioether (sulfide) groups is 1. The summed E-state index contributed by atoms with van der Waals surface area (Å²) in [7, 11) is 1.66. The van der Waals surface area contributed by atoms with Crippen molar-refractivity contribution >= 4 is 17.7 Å². The van der Waals surface area contributed by atoms with Crippen molar-refractivity contribution in [3.8, 4) is 17.3 Å². The van der Waals surface area contributed by atoms with E-state index in [1.54, 1.807) is 18.9 Å². The highest BCUT2D eigenvalue weighted by Crippen LogP contribution is 2.23. The third-order valence-corrected chi connectivity index (χ3v) is 6.05. The maximum atomic E-state index is 12.3. The number of hydrogen-bond donors (Lipinski definition) is 1. The number of carbonyl (C=O) groups excluding carboxylic acids is 1. The maximum absolute atomic E-state index is 12.3. The van der Waals surface area contributed by atoms with Gasteiger partial charge < -0.3 is 14.6 Å². The standard InChI is InChI=1S/C25H26N4O2S/c1-31-23-12-6-5-9-20(23)13-14-26-24(30)19-32-18-21-17-27-29(22-10-3-2-4-11-22)25(21)28-15-7-8-16-28/h2-12,15-17H,13-14,18-19H2,1H3,(H,26,30). The van der Waals surface area contributed by atoms with E-state index in [4.69, 9.17) is 4.74 Å². The number of aromatic nitrogens is 3. The SMILES string of the molecule is COc1ccccc1CCNC(=O)CSCc1cnn(-c2ccccc2)c1-n1cccc1. The van der Waals surface area contributed by atoms with Crippen LogP contribution in [0.4, 0.5) is 0 Å². The zero-order valence-electron chi connectivity index (χ0n) is 18.0. The van der Waals surface area contributed by atoms with Crippen molar-refractivity contribution in [2.45, 2.75) is 12.2 Å². The topological polar surface area (TPSA) is 61.1 Å². The predicted octanol–water partition coefficient (Wildman–Crippen LogP) is 4.26. The van der Waals surface area contributed by atoms with Crippen LogP contribution >= 0.6 is 11.8 Å². The number of para-hydroxylation sites is 2. The summed E-state index contributed by atoms with van der Waals surface area (Å²) in [5.41, 5.74) is 3.17. The van der Waals surface area contributed by atoms with Crippen molar-refractivity contribution in [2.75, 3.05) is 19.4 Å². The van der Waals surface area contributed by atoms with Gasteiger partial charge in [0.25, 0.3) is 0 Å². The molecule has 2 heterocycles. The number of ether oxygens (including phenoxy) is 1. The predicted molar refractivity (Wildman–Crippen MR) is 129 cm³/mol. The van der Waals surface area contributed by atoms with Gasteiger partial charge in [-0.3, -0.25) is 4.79 Å². The Balaban J connectivity index is 1.34. The number of amides is 1. The van der Waals surface area contributed by atoms with Gasteiger partial charge in [0.1, 0.15) is 11.6 Å². The molecule has 32 heavy (non-hydrogen) atoms. The van der Waals surface area contributed by atoms with Crippen molar-refractivity contribution in [2.24, 2.45) is 0 Å². The van der Waals surface area contributed by atoms with Crippen molar-refractivity contribution in [1.82, 2.24) is 19.7 Å². The molecule has 0 spiro atoms. The molecule has 164 valence electrons. The molecule has 1 amide bonds. The van der Waals surface area contributed by atoms with Crippen molar-refractivity contribution < 1.29 is 9.53 Å². The maximum Gasteiger partial charge on any atom is 0.230 e. The van der Waals surface area contributed by atoms with Crippen LogP contribution < -0.4 is 10.1 Å². The first-order valence-electron chi connectivity index (χ1n) is 10.5. The van der Waals surface area contributed by atoms with Crippen LogP contribution in [0.2, 0.25) is 0 Å². The number of methoxy groups -OCH3 is 1. The Morgan fingerprint density at radius 2 is 1.75 bits per heavy atom. The molecule has 6 nitrogen and oxygen atoms in total. The molecule has 0 unspecified atom stereocenters. The molecule has 0 aliphatic rings. The Morgan fingerprint density at radius 1 is 1.00 bits per heavy atom. The van der Waals surface area contributed by atoms with E-state index in [-0.39, 0.29) is 5.91 Å². The van der Waals surface area contributed by atoms with Gasteiger partial charge >= 0.3 is 0 Å². The van der Waals surface area contributed by atoms with E-state index in [1.807, 2.05) is 90.0 Å². The molecule has 0 saturated heterocycles. The Morgan fingerprint density at radius 3 is 2.53 bits per heavy atom. The van der Waals surface area contributed by atoms with E-state index in [0.717, 1.165) is 34.8 Å². The average molecular weight is 447 g/mol. The zero-order chi connectivity index (χ0) is 22.2. The molecule has 7 heteroatoms. The van der Waals surface area contributed by atoms with Gasteiger partial charge in [0.05, 0.1) is 24.7 Å². The van der Waals surface area contributed by atoms with Gasteiger partial charge in [0.2, 0.25) is 5.91 Å². The summed E-state index contributed by atoms with van der Waals surface area (Å²) < 4.78 is 9.36. The molecule has 1 N–H and O–H groups in total. The lowest BCUT2D eigenvalue weighted by Gasteiger charge is -2.11. The molecule has 0 atom stereocenters. The third-order valence-electron chi connectivity index (χ3n) is 5.07. The fraction of sp³-hybridized carbons (Fsp3) is 0.200. The molecule has 0 aliphatic heterocycles. The van der Waals surface area contributed by atoms with Crippen LogP contribution in [-0.2, 0) is 17.0 Å². The number of nitrogens with zero attached hydrogens (tertiary/aromatic N) is 3. The van der Waals surface area contributed by atoms with Gasteiger partial charge in [-0.05, 0) is 42.3 Å². The highest BCUT2D eigenvalue weighted by molar-refractivity contribution is 7.99. The van der Waals surface area contributed by atoms with Crippen LogP contribution in [0.15, 0.2) is 85.3 Å². The summed E-state index contributed by atoms with van der Waals surface area (Å²) in [5, 5.41) is 7.61. The van der Waals surface area contributed by atoms with Gasteiger partial charge in [0.15, 0.2) is 0 Å². The number of nitrogens with one attached hydrogen (secondary N) is 1. The van der Waals surface area contributed by atoms with Crippen molar-refractivity contribution in [3.05, 3.63) is 96.4 Å². The number of rotatable bonds is 10. The Kier molecular flexibility index (Phi) is 7.30. The minimum atomic E-state index is 0.0304. The first kappa shape index (κ1) is 21.8. The van der Waals surface area contributed by atoms with Crippen LogP contribution in [0.3, 0.4) is 0 Å². The lowest BCUT2D eigenvalue weighted by Crippen LogP contribution is -2.27. The second-order valence-corrected chi connectivity index (χ2v) is 8.22. The molecule has 0 radical (unpaired) electrons. The summed E-state index contributed by atoms with van der Waals surface area (Å²) in [5.74, 6) is 2.96. The second-order valence-electron chi connectivity index (χ2n) is 7.24. The fourth-order valence-electron chi connectivity index (χ4n) is 3.54. The fourth-order valence-corrected chi connectivity index (χ4v) is 4.35. The zero-order valence-corrected chi connectivity index (χ0v) is 18.8. The van der Waals surface area contributed by atoms with Crippen LogP contribution in [-0.4, -0.2) is 39.7 Å². The van der Waals surface area contributed by atoms with E-state index in [1.165, 1.54) is 0 Å². The molecule has 4 aromatic rings. The molecular weight excluding hydrogens is 420 g/mol. The van der Waals surface area contributed by atoms with Crippen LogP contribution in [0.25, 0.3) is 11.5 Å². The normalized spacial score (nSPS) is 10.8. The Bertz CT molecular complexity index is 1140. The van der Waals surface area contributed by atoms with E-state index in [9.17, 15) is 4.79 Å². The van der Waals surface area contributed by atoms with Gasteiger partial charge in [-0.1, -0.05) is 36.4 Å². The molecular formula is C25H26N4O2S. The van der Waals surface area contributed by atoms with Crippen LogP contribution in [0, 0.1) is 0 Å². The molecule has 4 rings (SSSR count). The molecule has 0 bridgehead atoms. The van der Waals surface area contributed by atoms with Gasteiger partial charge in [-0.15, -0.1) is 11.8 Å². The summed E-state index contributed by atoms with van der Waals surface area (Å²) in [6.45, 7) is 0.584. The summed E-state index contributed by atoms with van der Waals surface area (Å²) in [6.07, 6.45) is 6.64. The highest BCUT2D eigenvalue weighted by atomic mass is 32.2. The van der Waals surface area contributed by atoms with Crippen molar-refractivity contribution in [3.63, 3.8) is 0 Å².